The minimum Gasteiger partial charge on any atom is -0.394 e. The average molecular weight is 419 g/mol. The predicted molar refractivity (Wildman–Crippen MR) is 107 cm³/mol. The van der Waals surface area contributed by atoms with Crippen LogP contribution in [0.5, 0.6) is 0 Å². The molecule has 0 saturated carbocycles. The number of halogens is 1. The highest BCUT2D eigenvalue weighted by Crippen LogP contribution is 2.37. The molecule has 2 aromatic carbocycles. The van der Waals surface area contributed by atoms with E-state index in [0.29, 0.717) is 17.0 Å². The van der Waals surface area contributed by atoms with Gasteiger partial charge in [0.15, 0.2) is 0 Å². The molecule has 1 aliphatic heterocycles. The zero-order valence-corrected chi connectivity index (χ0v) is 16.5. The number of ether oxygens (including phenoxy) is 1. The van der Waals surface area contributed by atoms with Gasteiger partial charge in [0.2, 0.25) is 5.79 Å². The maximum Gasteiger partial charge on any atom is 0.222 e. The van der Waals surface area contributed by atoms with Crippen molar-refractivity contribution in [2.24, 2.45) is 0 Å². The first-order valence-electron chi connectivity index (χ1n) is 9.16. The Morgan fingerprint density at radius 2 is 1.76 bits per heavy atom. The van der Waals surface area contributed by atoms with Crippen LogP contribution in [0.1, 0.15) is 29.2 Å². The maximum absolute atomic E-state index is 11.0. The lowest BCUT2D eigenvalue weighted by molar-refractivity contribution is -0.357. The largest absolute Gasteiger partial charge is 0.394 e. The molecule has 5 atom stereocenters. The Morgan fingerprint density at radius 3 is 2.38 bits per heavy atom. The van der Waals surface area contributed by atoms with E-state index in [9.17, 15) is 25.5 Å². The highest BCUT2D eigenvalue weighted by Gasteiger charge is 2.53. The summed E-state index contributed by atoms with van der Waals surface area (Å²) in [4.78, 5) is 0. The fourth-order valence-corrected chi connectivity index (χ4v) is 3.58. The summed E-state index contributed by atoms with van der Waals surface area (Å²) in [5, 5.41) is 51.1. The second kappa shape index (κ2) is 8.82. The SMILES string of the molecule is CC#Cc1ccc(Cc2cc([C@]3(O)O[C@H](CO)[C@@H](O)[C@H](O)[C@H]3O)ccc2Cl)cc1. The van der Waals surface area contributed by atoms with E-state index in [0.717, 1.165) is 11.1 Å². The molecule has 0 aliphatic carbocycles. The number of benzene rings is 2. The Bertz CT molecular complexity index is 917. The first kappa shape index (κ1) is 21.8. The van der Waals surface area contributed by atoms with Gasteiger partial charge in [0.1, 0.15) is 24.4 Å². The van der Waals surface area contributed by atoms with E-state index in [-0.39, 0.29) is 5.56 Å². The molecule has 1 aliphatic rings. The van der Waals surface area contributed by atoms with Crippen LogP contribution in [-0.4, -0.2) is 56.6 Å². The van der Waals surface area contributed by atoms with Crippen LogP contribution in [0.25, 0.3) is 0 Å². The molecule has 0 amide bonds. The fourth-order valence-electron chi connectivity index (χ4n) is 3.40. The molecular formula is C22H23ClO6. The Morgan fingerprint density at radius 1 is 1.07 bits per heavy atom. The number of rotatable bonds is 4. The van der Waals surface area contributed by atoms with Gasteiger partial charge in [0.25, 0.3) is 0 Å². The third-order valence-electron chi connectivity index (χ3n) is 5.04. The van der Waals surface area contributed by atoms with Crippen molar-refractivity contribution in [2.75, 3.05) is 6.61 Å². The third-order valence-corrected chi connectivity index (χ3v) is 5.41. The highest BCUT2D eigenvalue weighted by molar-refractivity contribution is 6.31. The summed E-state index contributed by atoms with van der Waals surface area (Å²) in [6, 6.07) is 12.2. The Kier molecular flexibility index (Phi) is 6.62. The van der Waals surface area contributed by atoms with Gasteiger partial charge in [-0.05, 0) is 48.7 Å². The van der Waals surface area contributed by atoms with Gasteiger partial charge in [-0.2, -0.15) is 0 Å². The molecule has 154 valence electrons. The molecule has 6 nitrogen and oxygen atoms in total. The fraction of sp³-hybridized carbons (Fsp3) is 0.364. The lowest BCUT2D eigenvalue weighted by atomic mass is 9.87. The molecule has 1 saturated heterocycles. The molecule has 0 bridgehead atoms. The Hall–Kier alpha value is -1.95. The van der Waals surface area contributed by atoms with Crippen LogP contribution >= 0.6 is 11.6 Å². The molecule has 2 aromatic rings. The van der Waals surface area contributed by atoms with Gasteiger partial charge in [-0.15, -0.1) is 5.92 Å². The Balaban J connectivity index is 1.92. The second-order valence-corrected chi connectivity index (χ2v) is 7.42. The summed E-state index contributed by atoms with van der Waals surface area (Å²) in [7, 11) is 0. The van der Waals surface area contributed by atoms with Crippen LogP contribution in [0.4, 0.5) is 0 Å². The zero-order chi connectivity index (χ0) is 21.2. The van der Waals surface area contributed by atoms with Crippen molar-refractivity contribution in [3.63, 3.8) is 0 Å². The summed E-state index contributed by atoms with van der Waals surface area (Å²) in [5.74, 6) is 3.49. The summed E-state index contributed by atoms with van der Waals surface area (Å²) in [5.41, 5.74) is 2.68. The van der Waals surface area contributed by atoms with Crippen molar-refractivity contribution in [2.45, 2.75) is 43.5 Å². The van der Waals surface area contributed by atoms with Crippen LogP contribution in [0, 0.1) is 11.8 Å². The number of hydrogen-bond donors (Lipinski definition) is 5. The lowest BCUT2D eigenvalue weighted by Gasteiger charge is -2.45. The van der Waals surface area contributed by atoms with Crippen LogP contribution in [0.3, 0.4) is 0 Å². The highest BCUT2D eigenvalue weighted by atomic mass is 35.5. The standard InChI is InChI=1S/C22H23ClO6/c1-2-3-13-4-6-14(7-5-13)10-15-11-16(8-9-17(15)23)22(28)21(27)20(26)19(25)18(12-24)29-22/h4-9,11,18-21,24-28H,10,12H2,1H3/t18-,19-,20+,21-,22+/m1/s1. The topological polar surface area (TPSA) is 110 Å². The van der Waals surface area contributed by atoms with Crippen molar-refractivity contribution >= 4 is 11.6 Å². The average Bonchev–Trinajstić information content (AvgIpc) is 2.72. The van der Waals surface area contributed by atoms with Crippen molar-refractivity contribution in [1.29, 1.82) is 0 Å². The summed E-state index contributed by atoms with van der Waals surface area (Å²) < 4.78 is 5.38. The molecule has 0 radical (unpaired) electrons. The van der Waals surface area contributed by atoms with Gasteiger partial charge < -0.3 is 30.3 Å². The van der Waals surface area contributed by atoms with E-state index in [1.807, 2.05) is 24.3 Å². The minimum atomic E-state index is -2.31. The van der Waals surface area contributed by atoms with Gasteiger partial charge in [-0.1, -0.05) is 35.7 Å². The van der Waals surface area contributed by atoms with Crippen molar-refractivity contribution in [3.05, 3.63) is 69.7 Å². The van der Waals surface area contributed by atoms with Gasteiger partial charge in [0, 0.05) is 16.1 Å². The number of aliphatic hydroxyl groups is 5. The van der Waals surface area contributed by atoms with Crippen molar-refractivity contribution in [1.82, 2.24) is 0 Å². The summed E-state index contributed by atoms with van der Waals surface area (Å²) in [6.45, 7) is 1.13. The maximum atomic E-state index is 11.0. The first-order valence-corrected chi connectivity index (χ1v) is 9.53. The van der Waals surface area contributed by atoms with E-state index in [1.165, 1.54) is 6.07 Å². The summed E-state index contributed by atoms with van der Waals surface area (Å²) >= 11 is 6.32. The molecule has 0 unspecified atom stereocenters. The molecule has 1 fully saturated rings. The quantitative estimate of drug-likeness (QED) is 0.472. The molecule has 7 heteroatoms. The van der Waals surface area contributed by atoms with E-state index < -0.39 is 36.8 Å². The molecule has 3 rings (SSSR count). The van der Waals surface area contributed by atoms with Crippen LogP contribution in [-0.2, 0) is 16.9 Å². The van der Waals surface area contributed by atoms with Crippen molar-refractivity contribution < 1.29 is 30.3 Å². The first-order chi connectivity index (χ1) is 13.8. The molecule has 0 spiro atoms. The van der Waals surface area contributed by atoms with Crippen LogP contribution in [0.15, 0.2) is 42.5 Å². The van der Waals surface area contributed by atoms with E-state index in [1.54, 1.807) is 19.1 Å². The monoisotopic (exact) mass is 418 g/mol. The van der Waals surface area contributed by atoms with Gasteiger partial charge >= 0.3 is 0 Å². The zero-order valence-electron chi connectivity index (χ0n) is 15.8. The summed E-state index contributed by atoms with van der Waals surface area (Å²) in [6.07, 6.45) is -5.86. The number of aliphatic hydroxyl groups excluding tert-OH is 4. The third kappa shape index (κ3) is 4.32. The second-order valence-electron chi connectivity index (χ2n) is 7.02. The molecule has 0 aromatic heterocycles. The molecule has 5 N–H and O–H groups in total. The minimum absolute atomic E-state index is 0.155. The Labute approximate surface area is 174 Å². The van der Waals surface area contributed by atoms with E-state index in [2.05, 4.69) is 11.8 Å². The smallest absolute Gasteiger partial charge is 0.222 e. The van der Waals surface area contributed by atoms with Crippen molar-refractivity contribution in [3.8, 4) is 11.8 Å². The molecule has 29 heavy (non-hydrogen) atoms. The number of hydrogen-bond acceptors (Lipinski definition) is 6. The van der Waals surface area contributed by atoms with Gasteiger partial charge in [0.05, 0.1) is 6.61 Å². The predicted octanol–water partition coefficient (Wildman–Crippen LogP) is 0.921. The molecule has 1 heterocycles. The normalized spacial score (nSPS) is 29.2. The molecular weight excluding hydrogens is 396 g/mol. The van der Waals surface area contributed by atoms with Crippen LogP contribution < -0.4 is 0 Å². The lowest BCUT2D eigenvalue weighted by Crippen LogP contribution is -2.63. The van der Waals surface area contributed by atoms with E-state index in [4.69, 9.17) is 16.3 Å². The van der Waals surface area contributed by atoms with Gasteiger partial charge in [-0.25, -0.2) is 0 Å². The van der Waals surface area contributed by atoms with E-state index >= 15 is 0 Å². The van der Waals surface area contributed by atoms with Gasteiger partial charge in [-0.3, -0.25) is 0 Å². The van der Waals surface area contributed by atoms with Crippen LogP contribution in [0.2, 0.25) is 5.02 Å².